The molecule has 2 fully saturated rings. The quantitative estimate of drug-likeness (QED) is 0.834. The van der Waals surface area contributed by atoms with Gasteiger partial charge >= 0.3 is 18.2 Å². The summed E-state index contributed by atoms with van der Waals surface area (Å²) >= 11 is 0. The first kappa shape index (κ1) is 14.9. The van der Waals surface area contributed by atoms with E-state index in [9.17, 15) is 22.8 Å². The smallest absolute Gasteiger partial charge is 0.408 e. The SMILES string of the molecule is O=C(O)C1CCCN(C(=O)NC(C2CC2)C(F)(F)F)C1. The number of alkyl halides is 3. The number of hydrogen-bond donors (Lipinski definition) is 2. The van der Waals surface area contributed by atoms with Crippen LogP contribution in [0, 0.1) is 11.8 Å². The molecule has 0 aromatic rings. The molecule has 1 heterocycles. The van der Waals surface area contributed by atoms with Crippen LogP contribution in [-0.4, -0.2) is 47.3 Å². The van der Waals surface area contributed by atoms with Crippen molar-refractivity contribution in [3.8, 4) is 0 Å². The molecule has 20 heavy (non-hydrogen) atoms. The molecule has 114 valence electrons. The maximum absolute atomic E-state index is 12.8. The van der Waals surface area contributed by atoms with Crippen molar-refractivity contribution < 1.29 is 27.9 Å². The van der Waals surface area contributed by atoms with Crippen LogP contribution in [0.5, 0.6) is 0 Å². The van der Waals surface area contributed by atoms with Gasteiger partial charge in [-0.15, -0.1) is 0 Å². The predicted molar refractivity (Wildman–Crippen MR) is 63.0 cm³/mol. The molecule has 2 atom stereocenters. The van der Waals surface area contributed by atoms with Gasteiger partial charge in [-0.25, -0.2) is 4.79 Å². The molecule has 0 radical (unpaired) electrons. The predicted octanol–water partition coefficient (Wildman–Crippen LogP) is 1.83. The fourth-order valence-corrected chi connectivity index (χ4v) is 2.48. The normalized spacial score (nSPS) is 25.1. The number of rotatable bonds is 3. The molecular weight excluding hydrogens is 277 g/mol. The molecule has 0 spiro atoms. The minimum Gasteiger partial charge on any atom is -0.481 e. The molecule has 0 aromatic heterocycles. The van der Waals surface area contributed by atoms with Crippen molar-refractivity contribution in [1.82, 2.24) is 10.2 Å². The summed E-state index contributed by atoms with van der Waals surface area (Å²) in [5.41, 5.74) is 0. The van der Waals surface area contributed by atoms with Gasteiger partial charge in [0.1, 0.15) is 6.04 Å². The van der Waals surface area contributed by atoms with Crippen LogP contribution >= 0.6 is 0 Å². The Morgan fingerprint density at radius 2 is 1.90 bits per heavy atom. The summed E-state index contributed by atoms with van der Waals surface area (Å²) in [6, 6.07) is -2.63. The van der Waals surface area contributed by atoms with Crippen molar-refractivity contribution in [1.29, 1.82) is 0 Å². The number of hydrogen-bond acceptors (Lipinski definition) is 2. The molecule has 0 aromatic carbocycles. The molecule has 8 heteroatoms. The topological polar surface area (TPSA) is 69.6 Å². The van der Waals surface area contributed by atoms with E-state index >= 15 is 0 Å². The molecule has 1 saturated carbocycles. The van der Waals surface area contributed by atoms with Crippen LogP contribution in [0.4, 0.5) is 18.0 Å². The van der Waals surface area contributed by atoms with E-state index in [0.717, 1.165) is 0 Å². The first-order valence-electron chi connectivity index (χ1n) is 6.64. The third-order valence-corrected chi connectivity index (χ3v) is 3.78. The maximum atomic E-state index is 12.8. The van der Waals surface area contributed by atoms with Gasteiger partial charge in [-0.05, 0) is 31.6 Å². The zero-order valence-electron chi connectivity index (χ0n) is 10.8. The minimum absolute atomic E-state index is 0.0313. The Balaban J connectivity index is 1.94. The summed E-state index contributed by atoms with van der Waals surface area (Å²) in [6.07, 6.45) is -2.60. The Hall–Kier alpha value is -1.47. The van der Waals surface area contributed by atoms with Gasteiger partial charge in [0.2, 0.25) is 0 Å². The van der Waals surface area contributed by atoms with Crippen LogP contribution < -0.4 is 5.32 Å². The average molecular weight is 294 g/mol. The van der Waals surface area contributed by atoms with E-state index in [4.69, 9.17) is 5.11 Å². The Morgan fingerprint density at radius 3 is 2.40 bits per heavy atom. The fourth-order valence-electron chi connectivity index (χ4n) is 2.48. The van der Waals surface area contributed by atoms with Gasteiger partial charge < -0.3 is 15.3 Å². The van der Waals surface area contributed by atoms with Crippen molar-refractivity contribution in [2.24, 2.45) is 11.8 Å². The zero-order chi connectivity index (χ0) is 14.9. The molecule has 1 aliphatic carbocycles. The third kappa shape index (κ3) is 3.55. The lowest BCUT2D eigenvalue weighted by Crippen LogP contribution is -2.54. The minimum atomic E-state index is -4.46. The highest BCUT2D eigenvalue weighted by molar-refractivity contribution is 5.77. The fraction of sp³-hybridized carbons (Fsp3) is 0.833. The van der Waals surface area contributed by atoms with Gasteiger partial charge in [0.05, 0.1) is 5.92 Å². The van der Waals surface area contributed by atoms with E-state index in [1.807, 2.05) is 5.32 Å². The first-order chi connectivity index (χ1) is 9.29. The Morgan fingerprint density at radius 1 is 1.25 bits per heavy atom. The number of urea groups is 1. The Kier molecular flexibility index (Phi) is 4.10. The number of carboxylic acid groups (broad SMARTS) is 1. The molecule has 2 aliphatic rings. The number of nitrogens with one attached hydrogen (secondary N) is 1. The Bertz CT molecular complexity index is 396. The van der Waals surface area contributed by atoms with E-state index < -0.39 is 36.1 Å². The van der Waals surface area contributed by atoms with E-state index in [1.165, 1.54) is 4.90 Å². The summed E-state index contributed by atoms with van der Waals surface area (Å²) in [6.45, 7) is 0.265. The molecule has 1 saturated heterocycles. The van der Waals surface area contributed by atoms with Crippen LogP contribution in [0.1, 0.15) is 25.7 Å². The largest absolute Gasteiger partial charge is 0.481 e. The van der Waals surface area contributed by atoms with E-state index in [2.05, 4.69) is 0 Å². The Labute approximate surface area is 114 Å². The van der Waals surface area contributed by atoms with Gasteiger partial charge in [0.15, 0.2) is 0 Å². The summed E-state index contributed by atoms with van der Waals surface area (Å²) < 4.78 is 38.4. The van der Waals surface area contributed by atoms with Crippen LogP contribution in [0.3, 0.4) is 0 Å². The number of carbonyl (C=O) groups is 2. The van der Waals surface area contributed by atoms with E-state index in [0.29, 0.717) is 32.2 Å². The summed E-state index contributed by atoms with van der Waals surface area (Å²) in [5, 5.41) is 10.9. The van der Waals surface area contributed by atoms with Gasteiger partial charge in [-0.2, -0.15) is 13.2 Å². The average Bonchev–Trinajstić information content (AvgIpc) is 3.18. The van der Waals surface area contributed by atoms with Crippen molar-refractivity contribution in [2.75, 3.05) is 13.1 Å². The number of carboxylic acids is 1. The molecule has 5 nitrogen and oxygen atoms in total. The number of halogens is 3. The molecule has 1 aliphatic heterocycles. The van der Waals surface area contributed by atoms with E-state index in [1.54, 1.807) is 0 Å². The summed E-state index contributed by atoms with van der Waals surface area (Å²) in [4.78, 5) is 23.9. The molecule has 2 amide bonds. The van der Waals surface area contributed by atoms with Gasteiger partial charge in [0, 0.05) is 13.1 Å². The highest BCUT2D eigenvalue weighted by Crippen LogP contribution is 2.40. The van der Waals surface area contributed by atoms with Crippen molar-refractivity contribution in [2.45, 2.75) is 37.9 Å². The molecule has 2 unspecified atom stereocenters. The van der Waals surface area contributed by atoms with Gasteiger partial charge in [-0.1, -0.05) is 0 Å². The summed E-state index contributed by atoms with van der Waals surface area (Å²) in [7, 11) is 0. The number of amides is 2. The second kappa shape index (κ2) is 5.49. The lowest BCUT2D eigenvalue weighted by Gasteiger charge is -2.32. The monoisotopic (exact) mass is 294 g/mol. The second-order valence-corrected chi connectivity index (χ2v) is 5.43. The lowest BCUT2D eigenvalue weighted by molar-refractivity contribution is -0.158. The second-order valence-electron chi connectivity index (χ2n) is 5.43. The lowest BCUT2D eigenvalue weighted by atomic mass is 9.98. The van der Waals surface area contributed by atoms with Gasteiger partial charge in [-0.3, -0.25) is 4.79 Å². The number of carbonyl (C=O) groups excluding carboxylic acids is 1. The van der Waals surface area contributed by atoms with Crippen LogP contribution in [0.2, 0.25) is 0 Å². The number of likely N-dealkylation sites (tertiary alicyclic amines) is 1. The van der Waals surface area contributed by atoms with E-state index in [-0.39, 0.29) is 6.54 Å². The summed E-state index contributed by atoms with van der Waals surface area (Å²) in [5.74, 6) is -2.25. The maximum Gasteiger partial charge on any atom is 0.408 e. The molecule has 2 rings (SSSR count). The number of nitrogens with zero attached hydrogens (tertiary/aromatic N) is 1. The van der Waals surface area contributed by atoms with Crippen LogP contribution in [0.25, 0.3) is 0 Å². The number of aliphatic carboxylic acids is 1. The highest BCUT2D eigenvalue weighted by Gasteiger charge is 2.50. The standard InChI is InChI=1S/C12H17F3N2O3/c13-12(14,15)9(7-3-4-7)16-11(20)17-5-1-2-8(6-17)10(18)19/h7-9H,1-6H2,(H,16,20)(H,18,19). The van der Waals surface area contributed by atoms with Crippen molar-refractivity contribution in [3.05, 3.63) is 0 Å². The number of piperidine rings is 1. The molecule has 0 bridgehead atoms. The van der Waals surface area contributed by atoms with Crippen LogP contribution in [-0.2, 0) is 4.79 Å². The van der Waals surface area contributed by atoms with Crippen LogP contribution in [0.15, 0.2) is 0 Å². The third-order valence-electron chi connectivity index (χ3n) is 3.78. The first-order valence-corrected chi connectivity index (χ1v) is 6.64. The zero-order valence-corrected chi connectivity index (χ0v) is 10.8. The molecular formula is C12H17F3N2O3. The molecule has 2 N–H and O–H groups in total. The van der Waals surface area contributed by atoms with Gasteiger partial charge in [0.25, 0.3) is 0 Å². The van der Waals surface area contributed by atoms with Crippen molar-refractivity contribution in [3.63, 3.8) is 0 Å². The van der Waals surface area contributed by atoms with Crippen molar-refractivity contribution >= 4 is 12.0 Å². The highest BCUT2D eigenvalue weighted by atomic mass is 19.4.